The van der Waals surface area contributed by atoms with Crippen molar-refractivity contribution in [3.8, 4) is 0 Å². The van der Waals surface area contributed by atoms with Crippen LogP contribution in [0.2, 0.25) is 0 Å². The van der Waals surface area contributed by atoms with Crippen LogP contribution < -0.4 is 0 Å². The van der Waals surface area contributed by atoms with Gasteiger partial charge in [-0.1, -0.05) is 27.2 Å². The van der Waals surface area contributed by atoms with Gasteiger partial charge in [-0.2, -0.15) is 0 Å². The van der Waals surface area contributed by atoms with E-state index in [0.717, 1.165) is 10.7 Å². The number of halogens is 1. The van der Waals surface area contributed by atoms with Gasteiger partial charge in [-0.25, -0.2) is 4.79 Å². The SMILES string of the molecule is O=C(O)c1cnoc1CS(=O)c1cccc(Br)c1. The molecule has 2 aromatic rings. The molecule has 0 amide bonds. The van der Waals surface area contributed by atoms with Gasteiger partial charge in [0.25, 0.3) is 0 Å². The summed E-state index contributed by atoms with van der Waals surface area (Å²) in [5.41, 5.74) is -0.0571. The zero-order chi connectivity index (χ0) is 13.1. The summed E-state index contributed by atoms with van der Waals surface area (Å²) >= 11 is 3.28. The monoisotopic (exact) mass is 329 g/mol. The van der Waals surface area contributed by atoms with Crippen LogP contribution in [0.1, 0.15) is 16.1 Å². The molecule has 1 aromatic heterocycles. The highest BCUT2D eigenvalue weighted by Gasteiger charge is 2.18. The van der Waals surface area contributed by atoms with Crippen LogP contribution in [-0.2, 0) is 16.6 Å². The predicted octanol–water partition coefficient (Wildman–Crippen LogP) is 2.44. The van der Waals surface area contributed by atoms with Crippen LogP contribution in [0.5, 0.6) is 0 Å². The third-order valence-corrected chi connectivity index (χ3v) is 3.99. The summed E-state index contributed by atoms with van der Waals surface area (Å²) in [6.45, 7) is 0. The molecular weight excluding hydrogens is 322 g/mol. The van der Waals surface area contributed by atoms with Crippen molar-refractivity contribution < 1.29 is 18.6 Å². The van der Waals surface area contributed by atoms with E-state index in [-0.39, 0.29) is 17.1 Å². The van der Waals surface area contributed by atoms with E-state index >= 15 is 0 Å². The van der Waals surface area contributed by atoms with Crippen LogP contribution in [0.25, 0.3) is 0 Å². The van der Waals surface area contributed by atoms with Gasteiger partial charge < -0.3 is 9.63 Å². The minimum atomic E-state index is -1.38. The standard InChI is InChI=1S/C11H8BrNO4S/c12-7-2-1-3-8(4-7)18(16)6-10-9(11(14)15)5-13-17-10/h1-5H,6H2,(H,14,15). The second kappa shape index (κ2) is 5.45. The summed E-state index contributed by atoms with van der Waals surface area (Å²) < 4.78 is 17.7. The first kappa shape index (κ1) is 13.0. The minimum Gasteiger partial charge on any atom is -0.478 e. The fraction of sp³-hybridized carbons (Fsp3) is 0.0909. The first-order valence-electron chi connectivity index (χ1n) is 4.88. The van der Waals surface area contributed by atoms with Gasteiger partial charge in [-0.3, -0.25) is 4.21 Å². The van der Waals surface area contributed by atoms with Crippen LogP contribution in [-0.4, -0.2) is 20.4 Å². The highest BCUT2D eigenvalue weighted by Crippen LogP contribution is 2.19. The first-order valence-corrected chi connectivity index (χ1v) is 7.00. The molecule has 1 unspecified atom stereocenters. The second-order valence-electron chi connectivity index (χ2n) is 3.42. The number of carboxylic acid groups (broad SMARTS) is 1. The Morgan fingerprint density at radius 1 is 1.50 bits per heavy atom. The maximum Gasteiger partial charge on any atom is 0.341 e. The third-order valence-electron chi connectivity index (χ3n) is 2.20. The van der Waals surface area contributed by atoms with Gasteiger partial charge in [0.15, 0.2) is 5.76 Å². The van der Waals surface area contributed by atoms with Crippen molar-refractivity contribution in [3.63, 3.8) is 0 Å². The van der Waals surface area contributed by atoms with E-state index in [9.17, 15) is 9.00 Å². The maximum atomic E-state index is 12.0. The smallest absolute Gasteiger partial charge is 0.341 e. The van der Waals surface area contributed by atoms with Gasteiger partial charge in [0.05, 0.1) is 22.7 Å². The summed E-state index contributed by atoms with van der Waals surface area (Å²) in [5, 5.41) is 12.3. The molecule has 0 saturated heterocycles. The van der Waals surface area contributed by atoms with Gasteiger partial charge in [0.1, 0.15) is 5.56 Å². The van der Waals surface area contributed by atoms with Crippen molar-refractivity contribution in [3.05, 3.63) is 46.3 Å². The quantitative estimate of drug-likeness (QED) is 0.931. The van der Waals surface area contributed by atoms with E-state index in [0.29, 0.717) is 4.90 Å². The molecule has 0 radical (unpaired) electrons. The number of aromatic carboxylic acids is 1. The Bertz CT molecular complexity index is 611. The topological polar surface area (TPSA) is 80.4 Å². The van der Waals surface area contributed by atoms with Crippen LogP contribution in [0, 0.1) is 0 Å². The molecule has 18 heavy (non-hydrogen) atoms. The summed E-state index contributed by atoms with van der Waals surface area (Å²) in [7, 11) is -1.38. The summed E-state index contributed by atoms with van der Waals surface area (Å²) in [4.78, 5) is 11.4. The Morgan fingerprint density at radius 3 is 2.94 bits per heavy atom. The number of carboxylic acids is 1. The lowest BCUT2D eigenvalue weighted by atomic mass is 10.3. The first-order chi connectivity index (χ1) is 8.58. The molecule has 1 N–H and O–H groups in total. The van der Waals surface area contributed by atoms with Gasteiger partial charge in [-0.05, 0) is 18.2 Å². The largest absolute Gasteiger partial charge is 0.478 e. The number of rotatable bonds is 4. The Kier molecular flexibility index (Phi) is 3.93. The summed E-state index contributed by atoms with van der Waals surface area (Å²) in [5.74, 6) is -1.05. The van der Waals surface area contributed by atoms with Crippen molar-refractivity contribution in [2.24, 2.45) is 0 Å². The van der Waals surface area contributed by atoms with Crippen molar-refractivity contribution >= 4 is 32.7 Å². The van der Waals surface area contributed by atoms with E-state index < -0.39 is 16.8 Å². The van der Waals surface area contributed by atoms with E-state index in [1.165, 1.54) is 0 Å². The molecule has 94 valence electrons. The Balaban J connectivity index is 2.21. The number of benzene rings is 1. The predicted molar refractivity (Wildman–Crippen MR) is 67.7 cm³/mol. The number of hydrogen-bond acceptors (Lipinski definition) is 4. The van der Waals surface area contributed by atoms with Crippen LogP contribution in [0.15, 0.2) is 44.4 Å². The van der Waals surface area contributed by atoms with E-state index in [1.54, 1.807) is 18.2 Å². The Hall–Kier alpha value is -1.47. The van der Waals surface area contributed by atoms with Gasteiger partial charge in [-0.15, -0.1) is 0 Å². The fourth-order valence-corrected chi connectivity index (χ4v) is 3.01. The highest BCUT2D eigenvalue weighted by atomic mass is 79.9. The van der Waals surface area contributed by atoms with Gasteiger partial charge in [0.2, 0.25) is 0 Å². The Morgan fingerprint density at radius 2 is 2.28 bits per heavy atom. The average molecular weight is 330 g/mol. The lowest BCUT2D eigenvalue weighted by molar-refractivity contribution is 0.0695. The highest BCUT2D eigenvalue weighted by molar-refractivity contribution is 9.10. The molecule has 0 aliphatic heterocycles. The summed E-state index contributed by atoms with van der Waals surface area (Å²) in [6, 6.07) is 7.00. The molecule has 1 heterocycles. The van der Waals surface area contributed by atoms with Crippen molar-refractivity contribution in [2.45, 2.75) is 10.6 Å². The van der Waals surface area contributed by atoms with Crippen molar-refractivity contribution in [2.75, 3.05) is 0 Å². The molecule has 0 spiro atoms. The maximum absolute atomic E-state index is 12.0. The average Bonchev–Trinajstić information content (AvgIpc) is 2.77. The molecule has 0 saturated carbocycles. The van der Waals surface area contributed by atoms with E-state index in [4.69, 9.17) is 9.63 Å². The van der Waals surface area contributed by atoms with Crippen molar-refractivity contribution in [1.29, 1.82) is 0 Å². The molecule has 5 nitrogen and oxygen atoms in total. The molecule has 7 heteroatoms. The molecular formula is C11H8BrNO4S. The molecule has 1 aromatic carbocycles. The molecule has 0 bridgehead atoms. The zero-order valence-electron chi connectivity index (χ0n) is 9.00. The van der Waals surface area contributed by atoms with E-state index in [1.807, 2.05) is 6.07 Å². The minimum absolute atomic E-state index is 0.0158. The fourth-order valence-electron chi connectivity index (χ4n) is 1.35. The molecule has 0 aliphatic rings. The van der Waals surface area contributed by atoms with Crippen LogP contribution >= 0.6 is 15.9 Å². The number of hydrogen-bond donors (Lipinski definition) is 1. The van der Waals surface area contributed by atoms with Crippen LogP contribution in [0.3, 0.4) is 0 Å². The van der Waals surface area contributed by atoms with Crippen molar-refractivity contribution in [1.82, 2.24) is 5.16 Å². The lowest BCUT2D eigenvalue weighted by Gasteiger charge is -2.01. The molecule has 0 fully saturated rings. The number of aromatic nitrogens is 1. The molecule has 0 aliphatic carbocycles. The number of nitrogens with zero attached hydrogens (tertiary/aromatic N) is 1. The molecule has 2 rings (SSSR count). The molecule has 1 atom stereocenters. The normalized spacial score (nSPS) is 12.3. The number of carbonyl (C=O) groups is 1. The van der Waals surface area contributed by atoms with Crippen LogP contribution in [0.4, 0.5) is 0 Å². The third kappa shape index (κ3) is 2.85. The lowest BCUT2D eigenvalue weighted by Crippen LogP contribution is -2.02. The summed E-state index contributed by atoms with van der Waals surface area (Å²) in [6.07, 6.45) is 1.11. The zero-order valence-corrected chi connectivity index (χ0v) is 11.4. The van der Waals surface area contributed by atoms with Gasteiger partial charge >= 0.3 is 5.97 Å². The van der Waals surface area contributed by atoms with Gasteiger partial charge in [0, 0.05) is 9.37 Å². The van der Waals surface area contributed by atoms with E-state index in [2.05, 4.69) is 21.1 Å². The second-order valence-corrected chi connectivity index (χ2v) is 5.78. The Labute approximate surface area is 113 Å².